The zero-order valence-electron chi connectivity index (χ0n) is 11.6. The Morgan fingerprint density at radius 3 is 2.40 bits per heavy atom. The largest absolute Gasteiger partial charge is 0.419 e. The van der Waals surface area contributed by atoms with Gasteiger partial charge in [0.05, 0.1) is 5.56 Å². The number of nitrogens with one attached hydrogen (secondary N) is 1. The highest BCUT2D eigenvalue weighted by molar-refractivity contribution is 5.29. The van der Waals surface area contributed by atoms with Gasteiger partial charge in [-0.05, 0) is 43.0 Å². The molecule has 3 atom stereocenters. The van der Waals surface area contributed by atoms with Gasteiger partial charge >= 0.3 is 6.18 Å². The first-order valence-electron chi connectivity index (χ1n) is 6.88. The van der Waals surface area contributed by atoms with E-state index in [-0.39, 0.29) is 6.04 Å². The third kappa shape index (κ3) is 2.97. The molecule has 5 heteroatoms. The van der Waals surface area contributed by atoms with Gasteiger partial charge in [-0.2, -0.15) is 13.2 Å². The molecule has 2 rings (SSSR count). The first-order valence-corrected chi connectivity index (χ1v) is 6.88. The number of alkyl halides is 3. The van der Waals surface area contributed by atoms with Crippen LogP contribution in [-0.2, 0) is 6.18 Å². The second kappa shape index (κ2) is 5.72. The van der Waals surface area contributed by atoms with Crippen LogP contribution in [0.3, 0.4) is 0 Å². The Balaban J connectivity index is 2.30. The minimum absolute atomic E-state index is 0.0933. The zero-order chi connectivity index (χ0) is 14.9. The number of hydrogen-bond donors (Lipinski definition) is 1. The number of hydrogen-bond acceptors (Lipinski definition) is 1. The lowest BCUT2D eigenvalue weighted by atomic mass is 9.85. The molecule has 1 nitrogen and oxygen atoms in total. The Kier molecular flexibility index (Phi) is 4.37. The van der Waals surface area contributed by atoms with Crippen molar-refractivity contribution in [2.24, 2.45) is 11.8 Å². The van der Waals surface area contributed by atoms with Crippen molar-refractivity contribution >= 4 is 0 Å². The van der Waals surface area contributed by atoms with Gasteiger partial charge in [0.25, 0.3) is 0 Å². The minimum atomic E-state index is -4.64. The molecule has 20 heavy (non-hydrogen) atoms. The van der Waals surface area contributed by atoms with E-state index in [0.29, 0.717) is 17.4 Å². The highest BCUT2D eigenvalue weighted by Gasteiger charge is 2.35. The van der Waals surface area contributed by atoms with Gasteiger partial charge in [-0.3, -0.25) is 0 Å². The smallest absolute Gasteiger partial charge is 0.313 e. The number of rotatable bonds is 3. The fourth-order valence-corrected chi connectivity index (χ4v) is 3.25. The molecule has 0 radical (unpaired) electrons. The molecule has 0 spiro atoms. The number of halogens is 4. The Hall–Kier alpha value is -1.10. The van der Waals surface area contributed by atoms with E-state index >= 15 is 0 Å². The van der Waals surface area contributed by atoms with Crippen molar-refractivity contribution in [2.75, 3.05) is 7.05 Å². The monoisotopic (exact) mass is 289 g/mol. The van der Waals surface area contributed by atoms with Gasteiger partial charge in [0.15, 0.2) is 0 Å². The van der Waals surface area contributed by atoms with Crippen LogP contribution in [0.5, 0.6) is 0 Å². The average molecular weight is 289 g/mol. The van der Waals surface area contributed by atoms with E-state index in [9.17, 15) is 17.6 Å². The lowest BCUT2D eigenvalue weighted by molar-refractivity contribution is -0.140. The maximum Gasteiger partial charge on any atom is 0.419 e. The van der Waals surface area contributed by atoms with Gasteiger partial charge in [0.2, 0.25) is 0 Å². The molecule has 3 unspecified atom stereocenters. The summed E-state index contributed by atoms with van der Waals surface area (Å²) >= 11 is 0. The molecule has 1 N–H and O–H groups in total. The first-order chi connectivity index (χ1) is 9.34. The van der Waals surface area contributed by atoms with Crippen LogP contribution in [0.4, 0.5) is 17.6 Å². The highest BCUT2D eigenvalue weighted by atomic mass is 19.4. The maximum atomic E-state index is 13.7. The lowest BCUT2D eigenvalue weighted by Gasteiger charge is -2.27. The van der Waals surface area contributed by atoms with E-state index in [4.69, 9.17) is 0 Å². The van der Waals surface area contributed by atoms with Crippen molar-refractivity contribution in [3.8, 4) is 0 Å². The van der Waals surface area contributed by atoms with Gasteiger partial charge in [0.1, 0.15) is 5.82 Å². The molecule has 112 valence electrons. The molecule has 0 aromatic heterocycles. The van der Waals surface area contributed by atoms with Crippen molar-refractivity contribution in [2.45, 2.75) is 38.4 Å². The van der Waals surface area contributed by atoms with Gasteiger partial charge in [-0.15, -0.1) is 0 Å². The van der Waals surface area contributed by atoms with E-state index in [2.05, 4.69) is 12.2 Å². The van der Waals surface area contributed by atoms with Crippen molar-refractivity contribution < 1.29 is 17.6 Å². The first kappa shape index (κ1) is 15.3. The van der Waals surface area contributed by atoms with Gasteiger partial charge < -0.3 is 5.32 Å². The molecule has 1 saturated carbocycles. The summed E-state index contributed by atoms with van der Waals surface area (Å²) in [5.74, 6) is -0.352. The zero-order valence-corrected chi connectivity index (χ0v) is 11.6. The van der Waals surface area contributed by atoms with Crippen molar-refractivity contribution in [1.29, 1.82) is 0 Å². The van der Waals surface area contributed by atoms with Crippen molar-refractivity contribution in [3.05, 3.63) is 35.1 Å². The molecule has 0 bridgehead atoms. The third-order valence-electron chi connectivity index (χ3n) is 4.32. The SMILES string of the molecule is CNC(c1ccc(C(F)(F)F)c(F)c1)C1CCCC1C. The van der Waals surface area contributed by atoms with E-state index in [0.717, 1.165) is 31.4 Å². The van der Waals surface area contributed by atoms with Crippen LogP contribution in [0, 0.1) is 17.7 Å². The van der Waals surface area contributed by atoms with Crippen LogP contribution in [0.2, 0.25) is 0 Å². The molecule has 0 heterocycles. The predicted molar refractivity (Wildman–Crippen MR) is 69.7 cm³/mol. The minimum Gasteiger partial charge on any atom is -0.313 e. The van der Waals surface area contributed by atoms with Crippen LogP contribution >= 0.6 is 0 Å². The number of benzene rings is 1. The second-order valence-corrected chi connectivity index (χ2v) is 5.58. The summed E-state index contributed by atoms with van der Waals surface area (Å²) in [5.41, 5.74) is -0.604. The van der Waals surface area contributed by atoms with Crippen molar-refractivity contribution in [1.82, 2.24) is 5.32 Å². The topological polar surface area (TPSA) is 12.0 Å². The van der Waals surface area contributed by atoms with E-state index in [1.165, 1.54) is 6.07 Å². The Bertz CT molecular complexity index is 469. The van der Waals surface area contributed by atoms with Crippen LogP contribution in [0.1, 0.15) is 43.4 Å². The summed E-state index contributed by atoms with van der Waals surface area (Å²) in [7, 11) is 1.77. The highest BCUT2D eigenvalue weighted by Crippen LogP contribution is 2.41. The summed E-state index contributed by atoms with van der Waals surface area (Å²) in [6.07, 6.45) is -1.38. The van der Waals surface area contributed by atoms with Crippen LogP contribution in [0.15, 0.2) is 18.2 Å². The molecule has 0 amide bonds. The summed E-state index contributed by atoms with van der Waals surface area (Å²) < 4.78 is 51.4. The van der Waals surface area contributed by atoms with E-state index < -0.39 is 17.6 Å². The molecular formula is C15H19F4N. The Morgan fingerprint density at radius 1 is 1.25 bits per heavy atom. The molecule has 0 saturated heterocycles. The quantitative estimate of drug-likeness (QED) is 0.805. The molecule has 0 aliphatic heterocycles. The van der Waals surface area contributed by atoms with Gasteiger partial charge in [-0.25, -0.2) is 4.39 Å². The van der Waals surface area contributed by atoms with E-state index in [1.807, 2.05) is 0 Å². The Labute approximate surface area is 116 Å². The fraction of sp³-hybridized carbons (Fsp3) is 0.600. The lowest BCUT2D eigenvalue weighted by Crippen LogP contribution is -2.27. The second-order valence-electron chi connectivity index (χ2n) is 5.58. The summed E-state index contributed by atoms with van der Waals surface area (Å²) in [6, 6.07) is 3.16. The maximum absolute atomic E-state index is 13.7. The fourth-order valence-electron chi connectivity index (χ4n) is 3.25. The summed E-state index contributed by atoms with van der Waals surface area (Å²) in [4.78, 5) is 0. The molecule has 1 aliphatic rings. The van der Waals surface area contributed by atoms with Gasteiger partial charge in [-0.1, -0.05) is 25.8 Å². The standard InChI is InChI=1S/C15H19F4N/c1-9-4-3-5-11(9)14(20-2)10-6-7-12(13(16)8-10)15(17,18)19/h6-9,11,14,20H,3-5H2,1-2H3. The molecule has 1 aromatic carbocycles. The Morgan fingerprint density at radius 2 is 1.95 bits per heavy atom. The molecular weight excluding hydrogens is 270 g/mol. The molecule has 1 aromatic rings. The van der Waals surface area contributed by atoms with Gasteiger partial charge in [0, 0.05) is 6.04 Å². The van der Waals surface area contributed by atoms with Crippen LogP contribution < -0.4 is 5.32 Å². The summed E-state index contributed by atoms with van der Waals surface area (Å²) in [6.45, 7) is 2.14. The molecule has 1 fully saturated rings. The summed E-state index contributed by atoms with van der Waals surface area (Å²) in [5, 5.41) is 3.13. The predicted octanol–water partition coefficient (Wildman–Crippen LogP) is 4.54. The van der Waals surface area contributed by atoms with E-state index in [1.54, 1.807) is 7.05 Å². The normalized spacial score (nSPS) is 24.9. The third-order valence-corrected chi connectivity index (χ3v) is 4.32. The van der Waals surface area contributed by atoms with Crippen molar-refractivity contribution in [3.63, 3.8) is 0 Å². The average Bonchev–Trinajstić information content (AvgIpc) is 2.75. The van der Waals surface area contributed by atoms with Crippen LogP contribution in [0.25, 0.3) is 0 Å². The van der Waals surface area contributed by atoms with Crippen LogP contribution in [-0.4, -0.2) is 7.05 Å². The molecule has 1 aliphatic carbocycles.